The van der Waals surface area contributed by atoms with Crippen LogP contribution in [0.4, 0.5) is 0 Å². The molecule has 7 nitrogen and oxygen atoms in total. The average Bonchev–Trinajstić information content (AvgIpc) is 2.79. The third-order valence-corrected chi connectivity index (χ3v) is 5.21. The van der Waals surface area contributed by atoms with Crippen LogP contribution in [0.25, 0.3) is 16.7 Å². The molecule has 4 aromatic rings. The van der Waals surface area contributed by atoms with Crippen molar-refractivity contribution in [2.75, 3.05) is 7.11 Å². The Kier molecular flexibility index (Phi) is 5.60. The van der Waals surface area contributed by atoms with Crippen molar-refractivity contribution in [1.82, 2.24) is 14.9 Å². The molecule has 0 aliphatic rings. The maximum atomic E-state index is 13.4. The third kappa shape index (κ3) is 3.83. The third-order valence-electron chi connectivity index (χ3n) is 4.84. The fourth-order valence-corrected chi connectivity index (χ4v) is 3.51. The number of hydrogen-bond donors (Lipinski definition) is 2. The van der Waals surface area contributed by atoms with E-state index in [4.69, 9.17) is 16.3 Å². The second-order valence-electron chi connectivity index (χ2n) is 6.71. The van der Waals surface area contributed by atoms with Crippen molar-refractivity contribution in [1.29, 1.82) is 0 Å². The lowest BCUT2D eigenvalue weighted by molar-refractivity contribution is 0.0946. The minimum Gasteiger partial charge on any atom is -0.506 e. The van der Waals surface area contributed by atoms with Crippen molar-refractivity contribution in [3.05, 3.63) is 93.4 Å². The monoisotopic (exact) mass is 435 g/mol. The molecule has 0 aliphatic heterocycles. The number of ether oxygens (including phenoxy) is 1. The van der Waals surface area contributed by atoms with Crippen LogP contribution in [0.2, 0.25) is 5.02 Å². The molecule has 8 heteroatoms. The van der Waals surface area contributed by atoms with Crippen molar-refractivity contribution < 1.29 is 14.6 Å². The average molecular weight is 436 g/mol. The molecule has 2 aromatic carbocycles. The lowest BCUT2D eigenvalue weighted by atomic mass is 10.1. The Morgan fingerprint density at radius 2 is 1.97 bits per heavy atom. The second kappa shape index (κ2) is 8.49. The quantitative estimate of drug-likeness (QED) is 0.498. The van der Waals surface area contributed by atoms with Crippen LogP contribution < -0.4 is 15.6 Å². The Morgan fingerprint density at radius 1 is 1.16 bits per heavy atom. The van der Waals surface area contributed by atoms with Gasteiger partial charge in [-0.2, -0.15) is 0 Å². The highest BCUT2D eigenvalue weighted by Crippen LogP contribution is 2.27. The first-order valence-electron chi connectivity index (χ1n) is 9.40. The van der Waals surface area contributed by atoms with E-state index in [1.165, 1.54) is 17.9 Å². The van der Waals surface area contributed by atoms with E-state index in [2.05, 4.69) is 10.3 Å². The molecule has 2 N–H and O–H groups in total. The predicted molar refractivity (Wildman–Crippen MR) is 118 cm³/mol. The molecule has 0 atom stereocenters. The van der Waals surface area contributed by atoms with Crippen LogP contribution in [-0.2, 0) is 6.54 Å². The molecule has 2 aromatic heterocycles. The summed E-state index contributed by atoms with van der Waals surface area (Å²) in [5.41, 5.74) is 0.283. The summed E-state index contributed by atoms with van der Waals surface area (Å²) in [5.74, 6) is -0.611. The Bertz CT molecular complexity index is 1350. The topological polar surface area (TPSA) is 93.5 Å². The number of carbonyl (C=O) groups is 1. The molecule has 156 valence electrons. The Balaban J connectivity index is 1.85. The largest absolute Gasteiger partial charge is 0.506 e. The Hall–Kier alpha value is -3.84. The summed E-state index contributed by atoms with van der Waals surface area (Å²) in [5, 5.41) is 14.2. The second-order valence-corrected chi connectivity index (χ2v) is 7.12. The standard InChI is InChI=1S/C23H18ClN3O4/c1-31-16-8-4-7-15(12-16)27-21-17(9-5-11-25-21)20(28)19(23(27)30)22(29)26-13-14-6-2-3-10-18(14)24/h2-12,28H,13H2,1H3,(H,26,29). The zero-order chi connectivity index (χ0) is 22.0. The van der Waals surface area contributed by atoms with Gasteiger partial charge in [0.2, 0.25) is 0 Å². The minimum atomic E-state index is -0.718. The number of nitrogens with one attached hydrogen (secondary N) is 1. The fourth-order valence-electron chi connectivity index (χ4n) is 3.30. The number of aromatic nitrogens is 2. The number of fused-ring (bicyclic) bond motifs is 1. The highest BCUT2D eigenvalue weighted by molar-refractivity contribution is 6.31. The van der Waals surface area contributed by atoms with Gasteiger partial charge in [0.25, 0.3) is 11.5 Å². The molecular formula is C23H18ClN3O4. The summed E-state index contributed by atoms with van der Waals surface area (Å²) in [7, 11) is 1.52. The molecule has 0 aliphatic carbocycles. The molecule has 0 saturated carbocycles. The lowest BCUT2D eigenvalue weighted by Gasteiger charge is -2.15. The molecule has 0 unspecified atom stereocenters. The van der Waals surface area contributed by atoms with Crippen molar-refractivity contribution in [3.63, 3.8) is 0 Å². The van der Waals surface area contributed by atoms with Gasteiger partial charge >= 0.3 is 0 Å². The summed E-state index contributed by atoms with van der Waals surface area (Å²) in [4.78, 5) is 30.6. The van der Waals surface area contributed by atoms with Gasteiger partial charge in [0.15, 0.2) is 5.65 Å². The van der Waals surface area contributed by atoms with E-state index < -0.39 is 17.2 Å². The van der Waals surface area contributed by atoms with Gasteiger partial charge < -0.3 is 15.2 Å². The highest BCUT2D eigenvalue weighted by atomic mass is 35.5. The number of carbonyl (C=O) groups excluding carboxylic acids is 1. The number of methoxy groups -OCH3 is 1. The summed E-state index contributed by atoms with van der Waals surface area (Å²) in [6.45, 7) is 0.0988. The van der Waals surface area contributed by atoms with Gasteiger partial charge in [-0.3, -0.25) is 14.2 Å². The van der Waals surface area contributed by atoms with Crippen LogP contribution >= 0.6 is 11.6 Å². The lowest BCUT2D eigenvalue weighted by Crippen LogP contribution is -2.33. The molecule has 0 fully saturated rings. The van der Waals surface area contributed by atoms with E-state index in [1.807, 2.05) is 0 Å². The van der Waals surface area contributed by atoms with E-state index >= 15 is 0 Å². The fraction of sp³-hybridized carbons (Fsp3) is 0.0870. The number of hydrogen-bond acceptors (Lipinski definition) is 5. The van der Waals surface area contributed by atoms with Gasteiger partial charge in [-0.25, -0.2) is 4.98 Å². The van der Waals surface area contributed by atoms with Crippen LogP contribution in [0, 0.1) is 0 Å². The van der Waals surface area contributed by atoms with Crippen LogP contribution in [0.15, 0.2) is 71.7 Å². The maximum Gasteiger partial charge on any atom is 0.273 e. The van der Waals surface area contributed by atoms with Crippen molar-refractivity contribution in [2.45, 2.75) is 6.54 Å². The summed E-state index contributed by atoms with van der Waals surface area (Å²) in [6.07, 6.45) is 1.51. The van der Waals surface area contributed by atoms with Gasteiger partial charge in [-0.05, 0) is 35.9 Å². The molecule has 0 saturated heterocycles. The molecule has 0 spiro atoms. The normalized spacial score (nSPS) is 10.8. The number of pyridine rings is 2. The molecule has 0 radical (unpaired) electrons. The first-order chi connectivity index (χ1) is 15.0. The van der Waals surface area contributed by atoms with Crippen molar-refractivity contribution in [2.24, 2.45) is 0 Å². The molecule has 4 rings (SSSR count). The first-order valence-corrected chi connectivity index (χ1v) is 9.77. The molecular weight excluding hydrogens is 418 g/mol. The molecule has 1 amide bonds. The van der Waals surface area contributed by atoms with Gasteiger partial charge in [0.1, 0.15) is 17.1 Å². The Morgan fingerprint density at radius 3 is 2.74 bits per heavy atom. The van der Waals surface area contributed by atoms with E-state index in [1.54, 1.807) is 60.7 Å². The number of nitrogens with zero attached hydrogens (tertiary/aromatic N) is 2. The van der Waals surface area contributed by atoms with Gasteiger partial charge in [-0.15, -0.1) is 0 Å². The molecule has 0 bridgehead atoms. The zero-order valence-electron chi connectivity index (χ0n) is 16.5. The molecule has 2 heterocycles. The van der Waals surface area contributed by atoms with Crippen molar-refractivity contribution >= 4 is 28.5 Å². The van der Waals surface area contributed by atoms with Gasteiger partial charge in [-0.1, -0.05) is 35.9 Å². The minimum absolute atomic E-state index is 0.0988. The highest BCUT2D eigenvalue weighted by Gasteiger charge is 2.23. The summed E-state index contributed by atoms with van der Waals surface area (Å²) in [6, 6.07) is 17.1. The zero-order valence-corrected chi connectivity index (χ0v) is 17.3. The van der Waals surface area contributed by atoms with E-state index in [9.17, 15) is 14.7 Å². The number of aromatic hydroxyl groups is 1. The molecule has 31 heavy (non-hydrogen) atoms. The van der Waals surface area contributed by atoms with E-state index in [-0.39, 0.29) is 23.1 Å². The number of amides is 1. The van der Waals surface area contributed by atoms with Crippen LogP contribution in [0.5, 0.6) is 11.5 Å². The van der Waals surface area contributed by atoms with Gasteiger partial charge in [0.05, 0.1) is 18.2 Å². The Labute approximate surface area is 182 Å². The van der Waals surface area contributed by atoms with Gasteiger partial charge in [0, 0.05) is 23.8 Å². The number of benzene rings is 2. The predicted octanol–water partition coefficient (Wildman–Crippen LogP) is 3.68. The smallest absolute Gasteiger partial charge is 0.273 e. The van der Waals surface area contributed by atoms with E-state index in [0.29, 0.717) is 22.0 Å². The van der Waals surface area contributed by atoms with Crippen LogP contribution in [0.1, 0.15) is 15.9 Å². The number of rotatable bonds is 5. The summed E-state index contributed by atoms with van der Waals surface area (Å²) < 4.78 is 6.53. The van der Waals surface area contributed by atoms with Crippen molar-refractivity contribution in [3.8, 4) is 17.2 Å². The SMILES string of the molecule is COc1cccc(-n2c(=O)c(C(=O)NCc3ccccc3Cl)c(O)c3cccnc32)c1. The van der Waals surface area contributed by atoms with E-state index in [0.717, 1.165) is 0 Å². The summed E-state index contributed by atoms with van der Waals surface area (Å²) >= 11 is 6.14. The van der Waals surface area contributed by atoms with Crippen LogP contribution in [0.3, 0.4) is 0 Å². The maximum absolute atomic E-state index is 13.4. The van der Waals surface area contributed by atoms with Crippen LogP contribution in [-0.4, -0.2) is 27.7 Å². The number of halogens is 1. The first kappa shape index (κ1) is 20.4.